The first kappa shape index (κ1) is 13.1. The molecule has 0 amide bonds. The maximum atomic E-state index is 5.94. The summed E-state index contributed by atoms with van der Waals surface area (Å²) in [5, 5.41) is 0. The van der Waals surface area contributed by atoms with Crippen LogP contribution in [0.2, 0.25) is 0 Å². The number of nitrogens with zero attached hydrogens (tertiary/aromatic N) is 2. The number of likely N-dealkylation sites (tertiary alicyclic amines) is 1. The molecule has 0 aliphatic carbocycles. The van der Waals surface area contributed by atoms with Gasteiger partial charge in [-0.05, 0) is 32.8 Å². The Hall–Kier alpha value is -1.29. The van der Waals surface area contributed by atoms with Gasteiger partial charge in [0.1, 0.15) is 11.9 Å². The molecule has 4 heteroatoms. The SMILES string of the molecule is COc1ccc(OC2CCN(C(C)C)CC2)cn1. The second-order valence-electron chi connectivity index (χ2n) is 4.98. The zero-order valence-electron chi connectivity index (χ0n) is 11.4. The highest BCUT2D eigenvalue weighted by Crippen LogP contribution is 2.20. The molecule has 0 saturated carbocycles. The fourth-order valence-corrected chi connectivity index (χ4v) is 2.26. The number of pyridine rings is 1. The zero-order valence-corrected chi connectivity index (χ0v) is 11.4. The Morgan fingerprint density at radius 1 is 1.28 bits per heavy atom. The van der Waals surface area contributed by atoms with E-state index in [2.05, 4.69) is 23.7 Å². The molecule has 1 fully saturated rings. The van der Waals surface area contributed by atoms with Crippen LogP contribution in [-0.4, -0.2) is 42.2 Å². The highest BCUT2D eigenvalue weighted by atomic mass is 16.5. The van der Waals surface area contributed by atoms with Crippen molar-refractivity contribution in [2.45, 2.75) is 38.8 Å². The fraction of sp³-hybridized carbons (Fsp3) is 0.643. The minimum atomic E-state index is 0.315. The van der Waals surface area contributed by atoms with E-state index in [-0.39, 0.29) is 0 Å². The summed E-state index contributed by atoms with van der Waals surface area (Å²) in [6.45, 7) is 6.72. The molecular formula is C14H22N2O2. The predicted octanol–water partition coefficient (Wildman–Crippen LogP) is 2.34. The molecule has 0 N–H and O–H groups in total. The molecule has 1 saturated heterocycles. The molecule has 1 aliphatic rings. The summed E-state index contributed by atoms with van der Waals surface area (Å²) in [4.78, 5) is 6.64. The molecular weight excluding hydrogens is 228 g/mol. The van der Waals surface area contributed by atoms with Gasteiger partial charge in [0.2, 0.25) is 5.88 Å². The third-order valence-corrected chi connectivity index (χ3v) is 3.43. The lowest BCUT2D eigenvalue weighted by molar-refractivity contribution is 0.0840. The van der Waals surface area contributed by atoms with Crippen molar-refractivity contribution in [1.29, 1.82) is 0 Å². The summed E-state index contributed by atoms with van der Waals surface area (Å²) in [5.74, 6) is 1.45. The first-order valence-electron chi connectivity index (χ1n) is 6.60. The molecule has 100 valence electrons. The largest absolute Gasteiger partial charge is 0.489 e. The average molecular weight is 250 g/mol. The van der Waals surface area contributed by atoms with Crippen molar-refractivity contribution >= 4 is 0 Å². The molecule has 0 spiro atoms. The Morgan fingerprint density at radius 2 is 2.00 bits per heavy atom. The van der Waals surface area contributed by atoms with Gasteiger partial charge in [0, 0.05) is 25.2 Å². The van der Waals surface area contributed by atoms with E-state index >= 15 is 0 Å². The normalized spacial score (nSPS) is 18.0. The number of piperidine rings is 1. The molecule has 0 radical (unpaired) electrons. The standard InChI is InChI=1S/C14H22N2O2/c1-11(2)16-8-6-12(7-9-16)18-13-4-5-14(17-3)15-10-13/h4-5,10-12H,6-9H2,1-3H3. The Balaban J connectivity index is 1.83. The smallest absolute Gasteiger partial charge is 0.213 e. The van der Waals surface area contributed by atoms with Gasteiger partial charge < -0.3 is 14.4 Å². The van der Waals surface area contributed by atoms with E-state index in [4.69, 9.17) is 9.47 Å². The van der Waals surface area contributed by atoms with E-state index in [0.29, 0.717) is 18.0 Å². The Bertz CT molecular complexity index is 357. The second-order valence-corrected chi connectivity index (χ2v) is 4.98. The predicted molar refractivity (Wildman–Crippen MR) is 71.1 cm³/mol. The van der Waals surface area contributed by atoms with Crippen LogP contribution in [0.5, 0.6) is 11.6 Å². The van der Waals surface area contributed by atoms with Crippen LogP contribution in [0.4, 0.5) is 0 Å². The molecule has 0 aromatic carbocycles. The number of hydrogen-bond donors (Lipinski definition) is 0. The van der Waals surface area contributed by atoms with Crippen LogP contribution in [0, 0.1) is 0 Å². The number of rotatable bonds is 4. The van der Waals surface area contributed by atoms with E-state index in [1.165, 1.54) is 0 Å². The number of ether oxygens (including phenoxy) is 2. The lowest BCUT2D eigenvalue weighted by atomic mass is 10.1. The van der Waals surface area contributed by atoms with Gasteiger partial charge in [0.05, 0.1) is 13.3 Å². The molecule has 1 aromatic heterocycles. The quantitative estimate of drug-likeness (QED) is 0.821. The maximum Gasteiger partial charge on any atom is 0.213 e. The monoisotopic (exact) mass is 250 g/mol. The average Bonchev–Trinajstić information content (AvgIpc) is 2.40. The van der Waals surface area contributed by atoms with Gasteiger partial charge in [-0.3, -0.25) is 0 Å². The number of methoxy groups -OCH3 is 1. The zero-order chi connectivity index (χ0) is 13.0. The molecule has 0 atom stereocenters. The molecule has 1 aromatic rings. The Kier molecular flexibility index (Phi) is 4.42. The minimum Gasteiger partial charge on any atom is -0.489 e. The molecule has 0 unspecified atom stereocenters. The van der Waals surface area contributed by atoms with E-state index in [1.54, 1.807) is 13.3 Å². The van der Waals surface area contributed by atoms with Crippen LogP contribution in [0.1, 0.15) is 26.7 Å². The van der Waals surface area contributed by atoms with Gasteiger partial charge in [-0.2, -0.15) is 0 Å². The van der Waals surface area contributed by atoms with E-state index in [1.807, 2.05) is 12.1 Å². The topological polar surface area (TPSA) is 34.6 Å². The van der Waals surface area contributed by atoms with Crippen molar-refractivity contribution in [3.63, 3.8) is 0 Å². The van der Waals surface area contributed by atoms with Crippen LogP contribution in [0.15, 0.2) is 18.3 Å². The van der Waals surface area contributed by atoms with Crippen LogP contribution in [0.3, 0.4) is 0 Å². The number of aromatic nitrogens is 1. The van der Waals surface area contributed by atoms with Crippen LogP contribution >= 0.6 is 0 Å². The van der Waals surface area contributed by atoms with Crippen molar-refractivity contribution in [2.24, 2.45) is 0 Å². The molecule has 2 heterocycles. The van der Waals surface area contributed by atoms with Crippen molar-refractivity contribution in [2.75, 3.05) is 20.2 Å². The van der Waals surface area contributed by atoms with Gasteiger partial charge in [0.25, 0.3) is 0 Å². The molecule has 18 heavy (non-hydrogen) atoms. The first-order valence-corrected chi connectivity index (χ1v) is 6.60. The maximum absolute atomic E-state index is 5.94. The third kappa shape index (κ3) is 3.35. The minimum absolute atomic E-state index is 0.315. The van der Waals surface area contributed by atoms with Crippen molar-refractivity contribution < 1.29 is 9.47 Å². The van der Waals surface area contributed by atoms with Gasteiger partial charge in [-0.1, -0.05) is 0 Å². The highest BCUT2D eigenvalue weighted by molar-refractivity contribution is 5.23. The first-order chi connectivity index (χ1) is 8.69. The lowest BCUT2D eigenvalue weighted by Crippen LogP contribution is -2.41. The molecule has 0 bridgehead atoms. The van der Waals surface area contributed by atoms with E-state index < -0.39 is 0 Å². The molecule has 1 aliphatic heterocycles. The van der Waals surface area contributed by atoms with Crippen LogP contribution in [0.25, 0.3) is 0 Å². The van der Waals surface area contributed by atoms with E-state index in [0.717, 1.165) is 31.7 Å². The van der Waals surface area contributed by atoms with Crippen LogP contribution in [-0.2, 0) is 0 Å². The third-order valence-electron chi connectivity index (χ3n) is 3.43. The van der Waals surface area contributed by atoms with Crippen LogP contribution < -0.4 is 9.47 Å². The van der Waals surface area contributed by atoms with Crippen molar-refractivity contribution in [3.8, 4) is 11.6 Å². The van der Waals surface area contributed by atoms with Crippen molar-refractivity contribution in [1.82, 2.24) is 9.88 Å². The van der Waals surface area contributed by atoms with E-state index in [9.17, 15) is 0 Å². The summed E-state index contributed by atoms with van der Waals surface area (Å²) in [6.07, 6.45) is 4.22. The van der Waals surface area contributed by atoms with Crippen molar-refractivity contribution in [3.05, 3.63) is 18.3 Å². The fourth-order valence-electron chi connectivity index (χ4n) is 2.26. The Morgan fingerprint density at radius 3 is 2.50 bits per heavy atom. The van der Waals surface area contributed by atoms with Gasteiger partial charge in [-0.15, -0.1) is 0 Å². The van der Waals surface area contributed by atoms with Gasteiger partial charge in [-0.25, -0.2) is 4.98 Å². The Labute approximate surface area is 109 Å². The van der Waals surface area contributed by atoms with Gasteiger partial charge >= 0.3 is 0 Å². The summed E-state index contributed by atoms with van der Waals surface area (Å²) in [5.41, 5.74) is 0. The molecule has 4 nitrogen and oxygen atoms in total. The highest BCUT2D eigenvalue weighted by Gasteiger charge is 2.21. The van der Waals surface area contributed by atoms with Gasteiger partial charge in [0.15, 0.2) is 0 Å². The number of hydrogen-bond acceptors (Lipinski definition) is 4. The lowest BCUT2D eigenvalue weighted by Gasteiger charge is -2.34. The molecule has 2 rings (SSSR count). The second kappa shape index (κ2) is 6.05. The summed E-state index contributed by atoms with van der Waals surface area (Å²) in [6, 6.07) is 4.38. The summed E-state index contributed by atoms with van der Waals surface area (Å²) >= 11 is 0. The summed E-state index contributed by atoms with van der Waals surface area (Å²) < 4.78 is 11.0. The summed E-state index contributed by atoms with van der Waals surface area (Å²) in [7, 11) is 1.62.